The van der Waals surface area contributed by atoms with E-state index in [-0.39, 0.29) is 0 Å². The Kier molecular flexibility index (Phi) is 3.42. The summed E-state index contributed by atoms with van der Waals surface area (Å²) >= 11 is 0. The van der Waals surface area contributed by atoms with Crippen LogP contribution in [0.25, 0.3) is 0 Å². The Morgan fingerprint density at radius 3 is 2.68 bits per heavy atom. The van der Waals surface area contributed by atoms with Crippen LogP contribution in [0.4, 0.5) is 0 Å². The summed E-state index contributed by atoms with van der Waals surface area (Å²) in [5.74, 6) is 1.39. The first-order valence-electron chi connectivity index (χ1n) is 7.82. The third-order valence-corrected chi connectivity index (χ3v) is 5.10. The van der Waals surface area contributed by atoms with E-state index in [1.165, 1.54) is 25.7 Å². The quantitative estimate of drug-likeness (QED) is 0.903. The number of hydrogen-bond acceptors (Lipinski definition) is 2. The predicted molar refractivity (Wildman–Crippen MR) is 75.9 cm³/mol. The lowest BCUT2D eigenvalue weighted by Crippen LogP contribution is -2.47. The van der Waals surface area contributed by atoms with E-state index in [1.807, 2.05) is 0 Å². The highest BCUT2D eigenvalue weighted by molar-refractivity contribution is 5.09. The summed E-state index contributed by atoms with van der Waals surface area (Å²) in [5.41, 5.74) is 0.584. The van der Waals surface area contributed by atoms with E-state index in [0.29, 0.717) is 17.9 Å². The van der Waals surface area contributed by atoms with Gasteiger partial charge in [-0.3, -0.25) is 4.68 Å². The molecule has 1 N–H and O–H groups in total. The molecule has 2 saturated carbocycles. The van der Waals surface area contributed by atoms with Crippen LogP contribution in [0.15, 0.2) is 12.3 Å². The van der Waals surface area contributed by atoms with E-state index in [1.54, 1.807) is 0 Å². The summed E-state index contributed by atoms with van der Waals surface area (Å²) in [5, 5.41) is 15.2. The first-order chi connectivity index (χ1) is 9.06. The monoisotopic (exact) mass is 262 g/mol. The van der Waals surface area contributed by atoms with Gasteiger partial charge in [0.2, 0.25) is 0 Å². The predicted octanol–water partition coefficient (Wildman–Crippen LogP) is 3.34. The van der Waals surface area contributed by atoms with Crippen LogP contribution in [-0.2, 0) is 6.42 Å². The molecule has 0 saturated heterocycles. The largest absolute Gasteiger partial charge is 0.389 e. The zero-order chi connectivity index (χ0) is 13.5. The number of aromatic nitrogens is 2. The molecule has 106 valence electrons. The molecule has 2 fully saturated rings. The van der Waals surface area contributed by atoms with Gasteiger partial charge < -0.3 is 5.11 Å². The lowest BCUT2D eigenvalue weighted by atomic mass is 9.64. The van der Waals surface area contributed by atoms with Crippen LogP contribution < -0.4 is 0 Å². The van der Waals surface area contributed by atoms with Gasteiger partial charge in [-0.05, 0) is 43.6 Å². The molecule has 0 radical (unpaired) electrons. The van der Waals surface area contributed by atoms with Gasteiger partial charge in [-0.25, -0.2) is 0 Å². The summed E-state index contributed by atoms with van der Waals surface area (Å²) in [6.45, 7) is 4.50. The normalized spacial score (nSPS) is 31.9. The maximum Gasteiger partial charge on any atom is 0.0709 e. The SMILES string of the molecule is CC(C)C1CC(O)(Cc2ccn(C3CCCC3)n2)C1. The molecule has 0 unspecified atom stereocenters. The Balaban J connectivity index is 1.58. The van der Waals surface area contributed by atoms with Crippen LogP contribution >= 0.6 is 0 Å². The van der Waals surface area contributed by atoms with Crippen molar-refractivity contribution in [3.05, 3.63) is 18.0 Å². The molecule has 0 spiro atoms. The topological polar surface area (TPSA) is 38.0 Å². The maximum absolute atomic E-state index is 10.5. The minimum absolute atomic E-state index is 0.482. The van der Waals surface area contributed by atoms with Crippen molar-refractivity contribution in [2.75, 3.05) is 0 Å². The molecule has 3 heteroatoms. The summed E-state index contributed by atoms with van der Waals surface area (Å²) in [4.78, 5) is 0. The average Bonchev–Trinajstić information content (AvgIpc) is 2.94. The molecule has 1 aromatic heterocycles. The molecular weight excluding hydrogens is 236 g/mol. The van der Waals surface area contributed by atoms with Crippen molar-refractivity contribution in [1.82, 2.24) is 9.78 Å². The third-order valence-electron chi connectivity index (χ3n) is 5.10. The van der Waals surface area contributed by atoms with Gasteiger partial charge in [0.15, 0.2) is 0 Å². The molecule has 0 atom stereocenters. The molecule has 1 heterocycles. The van der Waals surface area contributed by atoms with E-state index in [9.17, 15) is 5.11 Å². The van der Waals surface area contributed by atoms with Crippen LogP contribution in [0.1, 0.15) is 64.1 Å². The van der Waals surface area contributed by atoms with Crippen molar-refractivity contribution < 1.29 is 5.11 Å². The number of hydrogen-bond donors (Lipinski definition) is 1. The van der Waals surface area contributed by atoms with Crippen molar-refractivity contribution in [3.63, 3.8) is 0 Å². The summed E-state index contributed by atoms with van der Waals surface area (Å²) in [6.07, 6.45) is 9.92. The summed E-state index contributed by atoms with van der Waals surface area (Å²) in [6, 6.07) is 2.70. The van der Waals surface area contributed by atoms with Crippen LogP contribution in [-0.4, -0.2) is 20.5 Å². The molecule has 19 heavy (non-hydrogen) atoms. The molecule has 1 aromatic rings. The van der Waals surface area contributed by atoms with E-state index in [4.69, 9.17) is 0 Å². The highest BCUT2D eigenvalue weighted by Crippen LogP contribution is 2.43. The van der Waals surface area contributed by atoms with Crippen molar-refractivity contribution in [3.8, 4) is 0 Å². The van der Waals surface area contributed by atoms with Gasteiger partial charge in [-0.15, -0.1) is 0 Å². The molecule has 2 aliphatic carbocycles. The van der Waals surface area contributed by atoms with Crippen molar-refractivity contribution >= 4 is 0 Å². The van der Waals surface area contributed by atoms with Crippen LogP contribution in [0.3, 0.4) is 0 Å². The van der Waals surface area contributed by atoms with E-state index in [0.717, 1.165) is 25.0 Å². The number of nitrogens with zero attached hydrogens (tertiary/aromatic N) is 2. The minimum Gasteiger partial charge on any atom is -0.389 e. The van der Waals surface area contributed by atoms with Gasteiger partial charge in [0.1, 0.15) is 0 Å². The first kappa shape index (κ1) is 13.2. The van der Waals surface area contributed by atoms with E-state index in [2.05, 4.69) is 35.9 Å². The van der Waals surface area contributed by atoms with E-state index >= 15 is 0 Å². The lowest BCUT2D eigenvalue weighted by molar-refractivity contribution is -0.0866. The number of aliphatic hydroxyl groups is 1. The second kappa shape index (κ2) is 4.93. The second-order valence-corrected chi connectivity index (χ2v) is 7.04. The number of rotatable bonds is 4. The maximum atomic E-state index is 10.5. The van der Waals surface area contributed by atoms with E-state index < -0.39 is 5.60 Å². The van der Waals surface area contributed by atoms with Crippen molar-refractivity contribution in [2.24, 2.45) is 11.8 Å². The standard InChI is InChI=1S/C16H26N2O/c1-12(2)13-9-16(19,10-13)11-14-7-8-18(17-14)15-5-3-4-6-15/h7-8,12-13,15,19H,3-6,9-11H2,1-2H3. The smallest absolute Gasteiger partial charge is 0.0709 e. The second-order valence-electron chi connectivity index (χ2n) is 7.04. The zero-order valence-electron chi connectivity index (χ0n) is 12.2. The zero-order valence-corrected chi connectivity index (χ0v) is 12.2. The van der Waals surface area contributed by atoms with Crippen LogP contribution in [0.2, 0.25) is 0 Å². The van der Waals surface area contributed by atoms with Gasteiger partial charge in [0.05, 0.1) is 17.3 Å². The summed E-state index contributed by atoms with van der Waals surface area (Å²) in [7, 11) is 0. The highest BCUT2D eigenvalue weighted by atomic mass is 16.3. The first-order valence-corrected chi connectivity index (χ1v) is 7.82. The molecule has 0 aromatic carbocycles. The van der Waals surface area contributed by atoms with Gasteiger partial charge in [0, 0.05) is 12.6 Å². The molecule has 0 bridgehead atoms. The summed E-state index contributed by atoms with van der Waals surface area (Å²) < 4.78 is 2.13. The Bertz CT molecular complexity index is 426. The van der Waals surface area contributed by atoms with Gasteiger partial charge in [-0.1, -0.05) is 26.7 Å². The van der Waals surface area contributed by atoms with Gasteiger partial charge in [-0.2, -0.15) is 5.10 Å². The van der Waals surface area contributed by atoms with Gasteiger partial charge >= 0.3 is 0 Å². The van der Waals surface area contributed by atoms with Crippen molar-refractivity contribution in [2.45, 2.75) is 70.4 Å². The Labute approximate surface area is 116 Å². The lowest BCUT2D eigenvalue weighted by Gasteiger charge is -2.45. The Hall–Kier alpha value is -0.830. The molecule has 0 amide bonds. The average molecular weight is 262 g/mol. The molecule has 0 aliphatic heterocycles. The van der Waals surface area contributed by atoms with Crippen LogP contribution in [0.5, 0.6) is 0 Å². The third kappa shape index (κ3) is 2.71. The minimum atomic E-state index is -0.482. The fourth-order valence-electron chi connectivity index (χ4n) is 3.71. The fraction of sp³-hybridized carbons (Fsp3) is 0.812. The highest BCUT2D eigenvalue weighted by Gasteiger charge is 2.44. The Morgan fingerprint density at radius 1 is 1.37 bits per heavy atom. The van der Waals surface area contributed by atoms with Crippen molar-refractivity contribution in [1.29, 1.82) is 0 Å². The Morgan fingerprint density at radius 2 is 2.05 bits per heavy atom. The van der Waals surface area contributed by atoms with Gasteiger partial charge in [0.25, 0.3) is 0 Å². The molecule has 2 aliphatic rings. The fourth-order valence-corrected chi connectivity index (χ4v) is 3.71. The molecule has 3 rings (SSSR count). The van der Waals surface area contributed by atoms with Crippen LogP contribution in [0, 0.1) is 11.8 Å². The molecule has 3 nitrogen and oxygen atoms in total. The molecular formula is C16H26N2O.